The van der Waals surface area contributed by atoms with Crippen molar-refractivity contribution in [2.24, 2.45) is 0 Å². The van der Waals surface area contributed by atoms with Crippen molar-refractivity contribution in [3.05, 3.63) is 29.6 Å². The average molecular weight is 278 g/mol. The highest BCUT2D eigenvalue weighted by Crippen LogP contribution is 2.24. The number of hydrogen-bond acceptors (Lipinski definition) is 5. The summed E-state index contributed by atoms with van der Waals surface area (Å²) in [5, 5.41) is 9.07. The van der Waals surface area contributed by atoms with Gasteiger partial charge in [-0.05, 0) is 18.2 Å². The number of ether oxygens (including phenoxy) is 2. The molecule has 1 aliphatic rings. The Morgan fingerprint density at radius 2 is 2.45 bits per heavy atom. The van der Waals surface area contributed by atoms with Crippen LogP contribution in [0.3, 0.4) is 0 Å². The van der Waals surface area contributed by atoms with Crippen LogP contribution in [-0.4, -0.2) is 38.9 Å². The van der Waals surface area contributed by atoms with Gasteiger partial charge >= 0.3 is 5.97 Å². The minimum atomic E-state index is -0.440. The van der Waals surface area contributed by atoms with Crippen molar-refractivity contribution in [2.75, 3.05) is 31.7 Å². The predicted octanol–water partition coefficient (Wildman–Crippen LogP) is 1.47. The van der Waals surface area contributed by atoms with Gasteiger partial charge < -0.3 is 14.4 Å². The Morgan fingerprint density at radius 3 is 3.15 bits per heavy atom. The van der Waals surface area contributed by atoms with Crippen LogP contribution in [0, 0.1) is 17.1 Å². The Morgan fingerprint density at radius 1 is 1.65 bits per heavy atom. The summed E-state index contributed by atoms with van der Waals surface area (Å²) in [5.74, 6) is -0.777. The minimum absolute atomic E-state index is 0.163. The fourth-order valence-electron chi connectivity index (χ4n) is 2.20. The number of halogens is 1. The van der Waals surface area contributed by atoms with Crippen molar-refractivity contribution in [1.29, 1.82) is 5.26 Å². The van der Waals surface area contributed by atoms with E-state index in [1.165, 1.54) is 19.2 Å². The highest BCUT2D eigenvalue weighted by atomic mass is 19.1. The molecule has 20 heavy (non-hydrogen) atoms. The molecule has 0 aromatic heterocycles. The van der Waals surface area contributed by atoms with Crippen molar-refractivity contribution in [3.8, 4) is 6.07 Å². The summed E-state index contributed by atoms with van der Waals surface area (Å²) in [7, 11) is 1.33. The van der Waals surface area contributed by atoms with Crippen molar-refractivity contribution in [2.45, 2.75) is 12.5 Å². The molecule has 2 rings (SSSR count). The highest BCUT2D eigenvalue weighted by Gasteiger charge is 2.24. The number of methoxy groups -OCH3 is 1. The molecular weight excluding hydrogens is 263 g/mol. The first-order chi connectivity index (χ1) is 9.63. The normalized spacial score (nSPS) is 18.4. The van der Waals surface area contributed by atoms with Gasteiger partial charge in [0.05, 0.1) is 37.5 Å². The van der Waals surface area contributed by atoms with Gasteiger partial charge in [0, 0.05) is 13.1 Å². The number of nitrogens with zero attached hydrogens (tertiary/aromatic N) is 2. The lowest BCUT2D eigenvalue weighted by molar-refractivity contribution is -0.144. The van der Waals surface area contributed by atoms with Crippen LogP contribution in [0.5, 0.6) is 0 Å². The van der Waals surface area contributed by atoms with E-state index in [4.69, 9.17) is 10.00 Å². The number of nitriles is 1. The second kappa shape index (κ2) is 6.35. The maximum absolute atomic E-state index is 13.1. The third kappa shape index (κ3) is 3.25. The molecule has 1 saturated heterocycles. The number of morpholine rings is 1. The standard InChI is InChI=1S/C14H15FN2O3/c1-19-14(18)7-12-9-17(4-5-20-12)13-3-2-11(15)6-10(13)8-16/h2-3,6,12H,4-5,7,9H2,1H3/t12-/m1/s1. The van der Waals surface area contributed by atoms with Gasteiger partial charge in [-0.3, -0.25) is 4.79 Å². The number of anilines is 1. The smallest absolute Gasteiger partial charge is 0.308 e. The van der Waals surface area contributed by atoms with Crippen molar-refractivity contribution < 1.29 is 18.7 Å². The van der Waals surface area contributed by atoms with Crippen LogP contribution in [0.25, 0.3) is 0 Å². The minimum Gasteiger partial charge on any atom is -0.469 e. The zero-order chi connectivity index (χ0) is 14.5. The van der Waals surface area contributed by atoms with Crippen molar-refractivity contribution in [3.63, 3.8) is 0 Å². The molecule has 1 atom stereocenters. The van der Waals surface area contributed by atoms with Gasteiger partial charge in [0.25, 0.3) is 0 Å². The lowest BCUT2D eigenvalue weighted by Crippen LogP contribution is -2.43. The molecule has 106 valence electrons. The molecule has 0 saturated carbocycles. The van der Waals surface area contributed by atoms with Gasteiger partial charge in [0.2, 0.25) is 0 Å². The summed E-state index contributed by atoms with van der Waals surface area (Å²) in [5.41, 5.74) is 0.941. The third-order valence-electron chi connectivity index (χ3n) is 3.18. The van der Waals surface area contributed by atoms with Crippen LogP contribution >= 0.6 is 0 Å². The second-order valence-corrected chi connectivity index (χ2v) is 4.49. The van der Waals surface area contributed by atoms with Gasteiger partial charge in [-0.15, -0.1) is 0 Å². The first-order valence-corrected chi connectivity index (χ1v) is 6.27. The summed E-state index contributed by atoms with van der Waals surface area (Å²) in [6, 6.07) is 6.09. The fraction of sp³-hybridized carbons (Fsp3) is 0.429. The fourth-order valence-corrected chi connectivity index (χ4v) is 2.20. The SMILES string of the molecule is COC(=O)C[C@@H]1CN(c2ccc(F)cc2C#N)CCO1. The van der Waals surface area contributed by atoms with E-state index >= 15 is 0 Å². The molecule has 1 aromatic carbocycles. The maximum atomic E-state index is 13.1. The predicted molar refractivity (Wildman–Crippen MR) is 69.7 cm³/mol. The monoisotopic (exact) mass is 278 g/mol. The van der Waals surface area contributed by atoms with Crippen LogP contribution in [0.15, 0.2) is 18.2 Å². The first kappa shape index (κ1) is 14.3. The molecule has 1 heterocycles. The van der Waals surface area contributed by atoms with Gasteiger partial charge in [-0.25, -0.2) is 4.39 Å². The van der Waals surface area contributed by atoms with Gasteiger partial charge in [-0.1, -0.05) is 0 Å². The quantitative estimate of drug-likeness (QED) is 0.783. The molecular formula is C14H15FN2O3. The van der Waals surface area contributed by atoms with Crippen molar-refractivity contribution in [1.82, 2.24) is 0 Å². The topological polar surface area (TPSA) is 62.6 Å². The number of carbonyl (C=O) groups is 1. The second-order valence-electron chi connectivity index (χ2n) is 4.49. The van der Waals surface area contributed by atoms with Crippen molar-refractivity contribution >= 4 is 11.7 Å². The summed E-state index contributed by atoms with van der Waals surface area (Å²) in [6.45, 7) is 1.51. The van der Waals surface area contributed by atoms with Crippen LogP contribution in [-0.2, 0) is 14.3 Å². The Balaban J connectivity index is 2.13. The number of benzene rings is 1. The molecule has 0 spiro atoms. The molecule has 0 unspecified atom stereocenters. The van der Waals surface area contributed by atoms with Gasteiger partial charge in [0.15, 0.2) is 0 Å². The lowest BCUT2D eigenvalue weighted by atomic mass is 10.1. The van der Waals surface area contributed by atoms with Gasteiger partial charge in [-0.2, -0.15) is 5.26 Å². The number of carbonyl (C=O) groups excluding carboxylic acids is 1. The van der Waals surface area contributed by atoms with E-state index < -0.39 is 5.82 Å². The molecule has 0 radical (unpaired) electrons. The van der Waals surface area contributed by atoms with E-state index in [1.54, 1.807) is 6.07 Å². The number of hydrogen-bond donors (Lipinski definition) is 0. The highest BCUT2D eigenvalue weighted by molar-refractivity contribution is 5.70. The Bertz CT molecular complexity index is 542. The third-order valence-corrected chi connectivity index (χ3v) is 3.18. The van der Waals surface area contributed by atoms with E-state index in [9.17, 15) is 9.18 Å². The zero-order valence-electron chi connectivity index (χ0n) is 11.1. The zero-order valence-corrected chi connectivity index (χ0v) is 11.1. The Hall–Kier alpha value is -2.13. The van der Waals surface area contributed by atoms with Crippen LogP contribution < -0.4 is 4.90 Å². The molecule has 0 N–H and O–H groups in total. The largest absolute Gasteiger partial charge is 0.469 e. The van der Waals surface area contributed by atoms with E-state index in [0.717, 1.165) is 0 Å². The van der Waals surface area contributed by atoms with Crippen LogP contribution in [0.2, 0.25) is 0 Å². The summed E-state index contributed by atoms with van der Waals surface area (Å²) in [4.78, 5) is 13.2. The molecule has 5 nitrogen and oxygen atoms in total. The summed E-state index contributed by atoms with van der Waals surface area (Å²) >= 11 is 0. The molecule has 6 heteroatoms. The van der Waals surface area contributed by atoms with Gasteiger partial charge in [0.1, 0.15) is 11.9 Å². The number of esters is 1. The molecule has 1 aromatic rings. The van der Waals surface area contributed by atoms with E-state index in [0.29, 0.717) is 25.4 Å². The average Bonchev–Trinajstić information content (AvgIpc) is 2.47. The Kier molecular flexibility index (Phi) is 4.53. The molecule has 0 amide bonds. The molecule has 0 aliphatic carbocycles. The molecule has 1 aliphatic heterocycles. The van der Waals surface area contributed by atoms with E-state index in [2.05, 4.69) is 4.74 Å². The van der Waals surface area contributed by atoms with Crippen LogP contribution in [0.1, 0.15) is 12.0 Å². The Labute approximate surface area is 116 Å². The number of rotatable bonds is 3. The lowest BCUT2D eigenvalue weighted by Gasteiger charge is -2.34. The summed E-state index contributed by atoms with van der Waals surface area (Å²) < 4.78 is 23.3. The maximum Gasteiger partial charge on any atom is 0.308 e. The molecule has 0 bridgehead atoms. The first-order valence-electron chi connectivity index (χ1n) is 6.27. The summed E-state index contributed by atoms with van der Waals surface area (Å²) in [6.07, 6.45) is -0.122. The van der Waals surface area contributed by atoms with Crippen LogP contribution in [0.4, 0.5) is 10.1 Å². The van der Waals surface area contributed by atoms with E-state index in [1.807, 2.05) is 11.0 Å². The molecule has 1 fully saturated rings. The van der Waals surface area contributed by atoms with E-state index in [-0.39, 0.29) is 24.1 Å².